The summed E-state index contributed by atoms with van der Waals surface area (Å²) >= 11 is 1.72. The van der Waals surface area contributed by atoms with Crippen molar-refractivity contribution in [2.75, 3.05) is 6.54 Å². The van der Waals surface area contributed by atoms with Gasteiger partial charge >= 0.3 is 5.97 Å². The molecule has 0 saturated heterocycles. The summed E-state index contributed by atoms with van der Waals surface area (Å²) in [6.07, 6.45) is 5.78. The van der Waals surface area contributed by atoms with Crippen LogP contribution in [0.25, 0.3) is 11.1 Å². The molecule has 3 heterocycles. The van der Waals surface area contributed by atoms with Gasteiger partial charge in [-0.15, -0.1) is 0 Å². The summed E-state index contributed by atoms with van der Waals surface area (Å²) in [5.41, 5.74) is 6.41. The largest absolute Gasteiger partial charge is 0.478 e. The summed E-state index contributed by atoms with van der Waals surface area (Å²) in [6, 6.07) is 10.7. The maximum Gasteiger partial charge on any atom is 0.336 e. The van der Waals surface area contributed by atoms with Gasteiger partial charge in [-0.25, -0.2) is 4.79 Å². The van der Waals surface area contributed by atoms with Crippen molar-refractivity contribution >= 4 is 17.3 Å². The van der Waals surface area contributed by atoms with Gasteiger partial charge in [-0.1, -0.05) is 18.2 Å². The molecular formula is C21H20N2O2S. The standard InChI is InChI=1S/C21H20N2O2S/c24-21(25)19-6-8-22-12-16(19)2-4-20-18-3-1-14(17-7-10-26-13-17)11-15(18)5-9-23-20/h1,3,6-8,10-13,20,23H,2,4-5,9H2,(H,24,25)/t20-/m1/s1. The van der Waals surface area contributed by atoms with Gasteiger partial charge in [-0.05, 0) is 76.5 Å². The number of carbonyl (C=O) groups is 1. The second kappa shape index (κ2) is 7.40. The van der Waals surface area contributed by atoms with Gasteiger partial charge < -0.3 is 10.4 Å². The molecule has 4 nitrogen and oxygen atoms in total. The first-order valence-corrected chi connectivity index (χ1v) is 9.71. The zero-order valence-electron chi connectivity index (χ0n) is 14.3. The molecule has 3 aromatic rings. The van der Waals surface area contributed by atoms with Crippen molar-refractivity contribution in [3.8, 4) is 11.1 Å². The summed E-state index contributed by atoms with van der Waals surface area (Å²) in [5.74, 6) is -0.889. The van der Waals surface area contributed by atoms with E-state index in [0.717, 1.165) is 24.9 Å². The molecule has 4 rings (SSSR count). The van der Waals surface area contributed by atoms with Crippen molar-refractivity contribution in [2.24, 2.45) is 0 Å². The fourth-order valence-corrected chi connectivity index (χ4v) is 4.32. The van der Waals surface area contributed by atoms with Crippen LogP contribution in [0.5, 0.6) is 0 Å². The fourth-order valence-electron chi connectivity index (χ4n) is 3.65. The van der Waals surface area contributed by atoms with E-state index in [0.29, 0.717) is 12.0 Å². The molecule has 0 spiro atoms. The van der Waals surface area contributed by atoms with Crippen LogP contribution >= 0.6 is 11.3 Å². The van der Waals surface area contributed by atoms with E-state index in [1.165, 1.54) is 28.5 Å². The number of thiophene rings is 1. The molecule has 1 aliphatic rings. The predicted octanol–water partition coefficient (Wildman–Crippen LogP) is 4.33. The highest BCUT2D eigenvalue weighted by molar-refractivity contribution is 7.08. The first-order valence-electron chi connectivity index (χ1n) is 8.77. The van der Waals surface area contributed by atoms with E-state index in [1.54, 1.807) is 23.6 Å². The van der Waals surface area contributed by atoms with Crippen LogP contribution in [-0.4, -0.2) is 22.6 Å². The maximum absolute atomic E-state index is 11.4. The number of rotatable bonds is 5. The Bertz CT molecular complexity index is 922. The highest BCUT2D eigenvalue weighted by atomic mass is 32.1. The number of carboxylic acids is 1. The van der Waals surface area contributed by atoms with Crippen LogP contribution in [0.1, 0.15) is 39.5 Å². The molecule has 0 fully saturated rings. The van der Waals surface area contributed by atoms with Crippen molar-refractivity contribution in [3.63, 3.8) is 0 Å². The third kappa shape index (κ3) is 3.41. The molecule has 0 bridgehead atoms. The Morgan fingerprint density at radius 2 is 2.19 bits per heavy atom. The average molecular weight is 364 g/mol. The zero-order valence-corrected chi connectivity index (χ0v) is 15.1. The Hall–Kier alpha value is -2.50. The quantitative estimate of drug-likeness (QED) is 0.707. The van der Waals surface area contributed by atoms with Gasteiger partial charge in [-0.3, -0.25) is 4.98 Å². The van der Waals surface area contributed by atoms with E-state index in [-0.39, 0.29) is 6.04 Å². The highest BCUT2D eigenvalue weighted by Gasteiger charge is 2.21. The third-order valence-corrected chi connectivity index (χ3v) is 5.68. The number of nitrogens with zero attached hydrogens (tertiary/aromatic N) is 1. The lowest BCUT2D eigenvalue weighted by Crippen LogP contribution is -2.30. The van der Waals surface area contributed by atoms with E-state index in [4.69, 9.17) is 0 Å². The van der Waals surface area contributed by atoms with E-state index < -0.39 is 5.97 Å². The number of nitrogens with one attached hydrogen (secondary N) is 1. The monoisotopic (exact) mass is 364 g/mol. The topological polar surface area (TPSA) is 62.2 Å². The second-order valence-corrected chi connectivity index (χ2v) is 7.34. The Balaban J connectivity index is 1.54. The van der Waals surface area contributed by atoms with Crippen molar-refractivity contribution in [1.82, 2.24) is 10.3 Å². The van der Waals surface area contributed by atoms with Crippen molar-refractivity contribution in [1.29, 1.82) is 0 Å². The minimum Gasteiger partial charge on any atom is -0.478 e. The average Bonchev–Trinajstić information content (AvgIpc) is 3.21. The van der Waals surface area contributed by atoms with Gasteiger partial charge in [0.25, 0.3) is 0 Å². The number of hydrogen-bond donors (Lipinski definition) is 2. The van der Waals surface area contributed by atoms with E-state index >= 15 is 0 Å². The first-order chi connectivity index (χ1) is 12.7. The summed E-state index contributed by atoms with van der Waals surface area (Å²) in [6.45, 7) is 0.948. The van der Waals surface area contributed by atoms with Crippen LogP contribution in [0.15, 0.2) is 53.5 Å². The number of carboxylic acid groups (broad SMARTS) is 1. The van der Waals surface area contributed by atoms with Crippen molar-refractivity contribution in [2.45, 2.75) is 25.3 Å². The molecule has 1 aromatic carbocycles. The Morgan fingerprint density at radius 1 is 1.27 bits per heavy atom. The van der Waals surface area contributed by atoms with Gasteiger partial charge in [0, 0.05) is 18.4 Å². The van der Waals surface area contributed by atoms with E-state index in [1.807, 2.05) is 0 Å². The maximum atomic E-state index is 11.4. The lowest BCUT2D eigenvalue weighted by Gasteiger charge is -2.27. The lowest BCUT2D eigenvalue weighted by molar-refractivity contribution is 0.0695. The number of aromatic nitrogens is 1. The van der Waals surface area contributed by atoms with Gasteiger partial charge in [0.15, 0.2) is 0 Å². The number of hydrogen-bond acceptors (Lipinski definition) is 4. The summed E-state index contributed by atoms with van der Waals surface area (Å²) in [7, 11) is 0. The molecule has 1 aliphatic heterocycles. The van der Waals surface area contributed by atoms with Gasteiger partial charge in [-0.2, -0.15) is 11.3 Å². The highest BCUT2D eigenvalue weighted by Crippen LogP contribution is 2.31. The molecular weight excluding hydrogens is 344 g/mol. The van der Waals surface area contributed by atoms with Crippen LogP contribution in [0.4, 0.5) is 0 Å². The number of pyridine rings is 1. The molecule has 0 unspecified atom stereocenters. The molecule has 0 amide bonds. The van der Waals surface area contributed by atoms with Crippen LogP contribution in [0.3, 0.4) is 0 Å². The molecule has 1 atom stereocenters. The van der Waals surface area contributed by atoms with Crippen LogP contribution in [-0.2, 0) is 12.8 Å². The van der Waals surface area contributed by atoms with Gasteiger partial charge in [0.05, 0.1) is 5.56 Å². The molecule has 26 heavy (non-hydrogen) atoms. The zero-order chi connectivity index (χ0) is 17.9. The smallest absolute Gasteiger partial charge is 0.336 e. The normalized spacial score (nSPS) is 16.2. The number of aryl methyl sites for hydroxylation is 1. The fraction of sp³-hybridized carbons (Fsp3) is 0.238. The minimum absolute atomic E-state index is 0.247. The summed E-state index contributed by atoms with van der Waals surface area (Å²) in [4.78, 5) is 15.5. The van der Waals surface area contributed by atoms with Crippen molar-refractivity contribution < 1.29 is 9.90 Å². The molecule has 2 aromatic heterocycles. The number of aromatic carboxylic acids is 1. The van der Waals surface area contributed by atoms with Gasteiger partial charge in [0.2, 0.25) is 0 Å². The Labute approximate surface area is 156 Å². The van der Waals surface area contributed by atoms with Crippen molar-refractivity contribution in [3.05, 3.63) is 75.7 Å². The van der Waals surface area contributed by atoms with E-state index in [2.05, 4.69) is 45.3 Å². The minimum atomic E-state index is -0.889. The number of fused-ring (bicyclic) bond motifs is 1. The Kier molecular flexibility index (Phi) is 4.82. The summed E-state index contributed by atoms with van der Waals surface area (Å²) in [5, 5.41) is 17.2. The van der Waals surface area contributed by atoms with Gasteiger partial charge in [0.1, 0.15) is 0 Å². The molecule has 132 valence electrons. The number of benzene rings is 1. The molecule has 0 radical (unpaired) electrons. The molecule has 0 aliphatic carbocycles. The molecule has 5 heteroatoms. The van der Waals surface area contributed by atoms with Crippen LogP contribution < -0.4 is 5.32 Å². The molecule has 0 saturated carbocycles. The predicted molar refractivity (Wildman–Crippen MR) is 104 cm³/mol. The first kappa shape index (κ1) is 16.9. The van der Waals surface area contributed by atoms with Crippen LogP contribution in [0.2, 0.25) is 0 Å². The Morgan fingerprint density at radius 3 is 3.00 bits per heavy atom. The summed E-state index contributed by atoms with van der Waals surface area (Å²) < 4.78 is 0. The van der Waals surface area contributed by atoms with Crippen LogP contribution in [0, 0.1) is 0 Å². The lowest BCUT2D eigenvalue weighted by atomic mass is 9.88. The SMILES string of the molecule is O=C(O)c1ccncc1CC[C@H]1NCCc2cc(-c3ccsc3)ccc21. The second-order valence-electron chi connectivity index (χ2n) is 6.56. The third-order valence-electron chi connectivity index (χ3n) is 4.99. The molecule has 2 N–H and O–H groups in total. The van der Waals surface area contributed by atoms with E-state index in [9.17, 15) is 9.90 Å².